The molecule has 4 heteroatoms. The van der Waals surface area contributed by atoms with E-state index in [4.69, 9.17) is 4.74 Å². The van der Waals surface area contributed by atoms with Crippen molar-refractivity contribution in [3.63, 3.8) is 0 Å². The summed E-state index contributed by atoms with van der Waals surface area (Å²) < 4.78 is 5.37. The van der Waals surface area contributed by atoms with Crippen LogP contribution in [-0.2, 0) is 4.74 Å². The minimum atomic E-state index is 0.740. The highest BCUT2D eigenvalue weighted by Crippen LogP contribution is 2.37. The fourth-order valence-corrected chi connectivity index (χ4v) is 3.37. The summed E-state index contributed by atoms with van der Waals surface area (Å²) in [6.07, 6.45) is 0. The molecule has 0 amide bonds. The number of morpholine rings is 1. The van der Waals surface area contributed by atoms with E-state index in [0.29, 0.717) is 0 Å². The third-order valence-corrected chi connectivity index (χ3v) is 4.31. The average molecular weight is 270 g/mol. The van der Waals surface area contributed by atoms with E-state index in [1.54, 1.807) is 11.3 Å². The highest BCUT2D eigenvalue weighted by atomic mass is 32.1. The molecule has 1 aliphatic heterocycles. The summed E-state index contributed by atoms with van der Waals surface area (Å²) in [5.41, 5.74) is 2.93. The molecule has 0 saturated carbocycles. The first-order chi connectivity index (χ1) is 9.40. The fraction of sp³-hybridized carbons (Fsp3) is 0.267. The van der Waals surface area contributed by atoms with Crippen LogP contribution in [0.25, 0.3) is 11.1 Å². The number of anilines is 1. The number of hydrogen-bond donors (Lipinski definition) is 0. The van der Waals surface area contributed by atoms with Crippen molar-refractivity contribution in [1.29, 1.82) is 5.26 Å². The van der Waals surface area contributed by atoms with E-state index in [2.05, 4.69) is 16.3 Å². The van der Waals surface area contributed by atoms with Crippen molar-refractivity contribution in [2.75, 3.05) is 31.2 Å². The zero-order valence-corrected chi connectivity index (χ0v) is 11.3. The minimum absolute atomic E-state index is 0.740. The van der Waals surface area contributed by atoms with Gasteiger partial charge in [0.15, 0.2) is 0 Å². The van der Waals surface area contributed by atoms with Crippen LogP contribution in [0.3, 0.4) is 0 Å². The van der Waals surface area contributed by atoms with Gasteiger partial charge in [0.25, 0.3) is 0 Å². The normalized spacial score (nSPS) is 15.2. The van der Waals surface area contributed by atoms with E-state index in [1.807, 2.05) is 30.3 Å². The van der Waals surface area contributed by atoms with Gasteiger partial charge in [-0.3, -0.25) is 0 Å². The molecule has 0 aliphatic carbocycles. The monoisotopic (exact) mass is 270 g/mol. The maximum atomic E-state index is 9.48. The van der Waals surface area contributed by atoms with E-state index in [1.165, 1.54) is 0 Å². The van der Waals surface area contributed by atoms with Crippen LogP contribution < -0.4 is 4.90 Å². The Morgan fingerprint density at radius 2 is 1.89 bits per heavy atom. The molecule has 2 heterocycles. The van der Waals surface area contributed by atoms with E-state index in [9.17, 15) is 5.26 Å². The second-order valence-electron chi connectivity index (χ2n) is 4.41. The van der Waals surface area contributed by atoms with Crippen LogP contribution in [0.2, 0.25) is 0 Å². The Hall–Kier alpha value is -1.83. The molecule has 0 atom stereocenters. The lowest BCUT2D eigenvalue weighted by Gasteiger charge is -2.27. The second kappa shape index (κ2) is 5.43. The number of hydrogen-bond acceptors (Lipinski definition) is 4. The summed E-state index contributed by atoms with van der Waals surface area (Å²) in [4.78, 5) is 2.25. The van der Waals surface area contributed by atoms with E-state index >= 15 is 0 Å². The van der Waals surface area contributed by atoms with Gasteiger partial charge in [0.2, 0.25) is 0 Å². The Morgan fingerprint density at radius 3 is 2.58 bits per heavy atom. The number of ether oxygens (including phenoxy) is 1. The molecule has 2 aromatic rings. The van der Waals surface area contributed by atoms with Gasteiger partial charge in [-0.1, -0.05) is 30.3 Å². The lowest BCUT2D eigenvalue weighted by Crippen LogP contribution is -2.36. The van der Waals surface area contributed by atoms with Gasteiger partial charge in [-0.25, -0.2) is 0 Å². The summed E-state index contributed by atoms with van der Waals surface area (Å²) in [6.45, 7) is 3.21. The smallest absolute Gasteiger partial charge is 0.110 e. The van der Waals surface area contributed by atoms with Gasteiger partial charge >= 0.3 is 0 Å². The highest BCUT2D eigenvalue weighted by molar-refractivity contribution is 7.15. The molecule has 96 valence electrons. The summed E-state index contributed by atoms with van der Waals surface area (Å²) in [5.74, 6) is 0. The summed E-state index contributed by atoms with van der Waals surface area (Å²) >= 11 is 1.65. The number of rotatable bonds is 2. The number of nitrogens with zero attached hydrogens (tertiary/aromatic N) is 2. The van der Waals surface area contributed by atoms with Crippen molar-refractivity contribution in [3.8, 4) is 17.2 Å². The molecule has 1 saturated heterocycles. The topological polar surface area (TPSA) is 36.3 Å². The van der Waals surface area contributed by atoms with Gasteiger partial charge in [-0.05, 0) is 5.56 Å². The molecule has 1 fully saturated rings. The van der Waals surface area contributed by atoms with Crippen LogP contribution >= 0.6 is 11.3 Å². The molecule has 0 spiro atoms. The predicted molar refractivity (Wildman–Crippen MR) is 77.5 cm³/mol. The van der Waals surface area contributed by atoms with Gasteiger partial charge in [-0.2, -0.15) is 5.26 Å². The molecular formula is C15H14N2OS. The molecule has 19 heavy (non-hydrogen) atoms. The molecule has 0 radical (unpaired) electrons. The number of nitriles is 1. The summed E-state index contributed by atoms with van der Waals surface area (Å²) in [5, 5.41) is 12.6. The SMILES string of the molecule is N#Cc1c(-c2ccccc2)csc1N1CCOCC1. The first-order valence-electron chi connectivity index (χ1n) is 6.30. The average Bonchev–Trinajstić information content (AvgIpc) is 2.93. The summed E-state index contributed by atoms with van der Waals surface area (Å²) in [7, 11) is 0. The van der Waals surface area contributed by atoms with Crippen LogP contribution in [0, 0.1) is 11.3 Å². The van der Waals surface area contributed by atoms with Crippen molar-refractivity contribution in [2.24, 2.45) is 0 Å². The lowest BCUT2D eigenvalue weighted by molar-refractivity contribution is 0.123. The molecule has 0 N–H and O–H groups in total. The molecule has 3 nitrogen and oxygen atoms in total. The van der Waals surface area contributed by atoms with Gasteiger partial charge in [0, 0.05) is 24.0 Å². The molecule has 0 bridgehead atoms. The molecule has 1 aromatic heterocycles. The van der Waals surface area contributed by atoms with Crippen molar-refractivity contribution in [1.82, 2.24) is 0 Å². The Balaban J connectivity index is 2.00. The first kappa shape index (κ1) is 12.2. The quantitative estimate of drug-likeness (QED) is 0.841. The number of thiophene rings is 1. The minimum Gasteiger partial charge on any atom is -0.378 e. The number of benzene rings is 1. The molecule has 1 aromatic carbocycles. The predicted octanol–water partition coefficient (Wildman–Crippen LogP) is 3.12. The standard InChI is InChI=1S/C15H14N2OS/c16-10-13-14(12-4-2-1-3-5-12)11-19-15(13)17-6-8-18-9-7-17/h1-5,11H,6-9H2. The Bertz CT molecular complexity index is 594. The Labute approximate surface area is 116 Å². The van der Waals surface area contributed by atoms with Crippen LogP contribution in [-0.4, -0.2) is 26.3 Å². The van der Waals surface area contributed by atoms with Crippen LogP contribution in [0.15, 0.2) is 35.7 Å². The van der Waals surface area contributed by atoms with Gasteiger partial charge in [-0.15, -0.1) is 11.3 Å². The van der Waals surface area contributed by atoms with Crippen molar-refractivity contribution in [3.05, 3.63) is 41.3 Å². The fourth-order valence-electron chi connectivity index (χ4n) is 2.29. The maximum Gasteiger partial charge on any atom is 0.110 e. The van der Waals surface area contributed by atoms with E-state index in [-0.39, 0.29) is 0 Å². The van der Waals surface area contributed by atoms with Crippen molar-refractivity contribution >= 4 is 16.3 Å². The molecule has 0 unspecified atom stereocenters. The van der Waals surface area contributed by atoms with Gasteiger partial charge in [0.05, 0.1) is 18.8 Å². The van der Waals surface area contributed by atoms with Crippen LogP contribution in [0.4, 0.5) is 5.00 Å². The molecule has 1 aliphatic rings. The maximum absolute atomic E-state index is 9.48. The van der Waals surface area contributed by atoms with Crippen molar-refractivity contribution in [2.45, 2.75) is 0 Å². The third kappa shape index (κ3) is 2.35. The second-order valence-corrected chi connectivity index (χ2v) is 5.26. The van der Waals surface area contributed by atoms with Gasteiger partial charge in [0.1, 0.15) is 11.1 Å². The first-order valence-corrected chi connectivity index (χ1v) is 7.18. The Morgan fingerprint density at radius 1 is 1.16 bits per heavy atom. The highest BCUT2D eigenvalue weighted by Gasteiger charge is 2.20. The lowest BCUT2D eigenvalue weighted by atomic mass is 10.0. The third-order valence-electron chi connectivity index (χ3n) is 3.27. The molecular weight excluding hydrogens is 256 g/mol. The zero-order chi connectivity index (χ0) is 13.1. The van der Waals surface area contributed by atoms with Crippen LogP contribution in [0.5, 0.6) is 0 Å². The zero-order valence-electron chi connectivity index (χ0n) is 10.5. The van der Waals surface area contributed by atoms with Crippen LogP contribution in [0.1, 0.15) is 5.56 Å². The molecule has 3 rings (SSSR count). The largest absolute Gasteiger partial charge is 0.378 e. The summed E-state index contributed by atoms with van der Waals surface area (Å²) in [6, 6.07) is 12.5. The van der Waals surface area contributed by atoms with Gasteiger partial charge < -0.3 is 9.64 Å². The Kier molecular flexibility index (Phi) is 3.49. The van der Waals surface area contributed by atoms with Crippen molar-refractivity contribution < 1.29 is 4.74 Å². The van der Waals surface area contributed by atoms with E-state index < -0.39 is 0 Å². The van der Waals surface area contributed by atoms with E-state index in [0.717, 1.165) is 48.0 Å².